The van der Waals surface area contributed by atoms with Crippen LogP contribution < -0.4 is 14.9 Å². The number of hydrogen-bond acceptors (Lipinski definition) is 9. The van der Waals surface area contributed by atoms with E-state index in [2.05, 4.69) is 10.5 Å². The molecule has 0 bridgehead atoms. The van der Waals surface area contributed by atoms with Crippen molar-refractivity contribution < 1.29 is 28.9 Å². The topological polar surface area (TPSA) is 163 Å². The quantitative estimate of drug-likeness (QED) is 0.174. The van der Waals surface area contributed by atoms with Crippen LogP contribution in [0.4, 0.5) is 11.4 Å². The van der Waals surface area contributed by atoms with Crippen LogP contribution in [-0.2, 0) is 0 Å². The van der Waals surface area contributed by atoms with E-state index in [1.807, 2.05) is 0 Å². The molecule has 3 rings (SSSR count). The lowest BCUT2D eigenvalue weighted by molar-refractivity contribution is -0.394. The monoisotopic (exact) mass is 464 g/mol. The standard InChI is InChI=1S/C22H16N4O8/c1-33-20-8-3-2-7-19(20)21(27)24-23-13-14-5-4-6-18(9-14)34-22(28)15-10-16(25(29)30)12-17(11-15)26(31)32/h2-13H,1H3,(H,24,27). The van der Waals surface area contributed by atoms with E-state index in [0.717, 1.165) is 18.2 Å². The molecule has 0 aromatic heterocycles. The Morgan fingerprint density at radius 3 is 2.26 bits per heavy atom. The average Bonchev–Trinajstić information content (AvgIpc) is 2.83. The highest BCUT2D eigenvalue weighted by Crippen LogP contribution is 2.24. The maximum atomic E-state index is 12.4. The van der Waals surface area contributed by atoms with Gasteiger partial charge in [-0.3, -0.25) is 25.0 Å². The molecule has 0 heterocycles. The molecule has 172 valence electrons. The van der Waals surface area contributed by atoms with Crippen molar-refractivity contribution in [3.8, 4) is 11.5 Å². The number of methoxy groups -OCH3 is 1. The minimum atomic E-state index is -1.02. The van der Waals surface area contributed by atoms with Gasteiger partial charge in [0.2, 0.25) is 0 Å². The third-order valence-corrected chi connectivity index (χ3v) is 4.36. The summed E-state index contributed by atoms with van der Waals surface area (Å²) in [5, 5.41) is 25.9. The van der Waals surface area contributed by atoms with Gasteiger partial charge in [0.25, 0.3) is 17.3 Å². The Balaban J connectivity index is 1.72. The molecule has 0 saturated carbocycles. The van der Waals surface area contributed by atoms with Gasteiger partial charge in [-0.25, -0.2) is 10.2 Å². The fourth-order valence-electron chi connectivity index (χ4n) is 2.81. The van der Waals surface area contributed by atoms with Crippen LogP contribution in [0.2, 0.25) is 0 Å². The van der Waals surface area contributed by atoms with Crippen molar-refractivity contribution in [3.63, 3.8) is 0 Å². The Morgan fingerprint density at radius 1 is 0.941 bits per heavy atom. The molecule has 0 saturated heterocycles. The van der Waals surface area contributed by atoms with Crippen LogP contribution in [0.3, 0.4) is 0 Å². The third-order valence-electron chi connectivity index (χ3n) is 4.36. The van der Waals surface area contributed by atoms with Crippen LogP contribution in [0, 0.1) is 20.2 Å². The lowest BCUT2D eigenvalue weighted by Crippen LogP contribution is -2.18. The van der Waals surface area contributed by atoms with Gasteiger partial charge in [0, 0.05) is 12.1 Å². The second-order valence-corrected chi connectivity index (χ2v) is 6.61. The highest BCUT2D eigenvalue weighted by molar-refractivity contribution is 5.97. The normalized spacial score (nSPS) is 10.5. The first-order valence-corrected chi connectivity index (χ1v) is 9.51. The van der Waals surface area contributed by atoms with Crippen LogP contribution in [0.5, 0.6) is 11.5 Å². The third kappa shape index (κ3) is 5.76. The zero-order valence-electron chi connectivity index (χ0n) is 17.5. The molecule has 1 N–H and O–H groups in total. The summed E-state index contributed by atoms with van der Waals surface area (Å²) in [5.41, 5.74) is 1.51. The number of benzene rings is 3. The van der Waals surface area contributed by atoms with Crippen molar-refractivity contribution in [1.82, 2.24) is 5.43 Å². The number of nitrogens with one attached hydrogen (secondary N) is 1. The zero-order chi connectivity index (χ0) is 24.7. The summed E-state index contributed by atoms with van der Waals surface area (Å²) in [5.74, 6) is -1.08. The maximum absolute atomic E-state index is 12.4. The van der Waals surface area contributed by atoms with Crippen LogP contribution in [0.25, 0.3) is 0 Å². The van der Waals surface area contributed by atoms with E-state index in [9.17, 15) is 29.8 Å². The number of rotatable bonds is 8. The smallest absolute Gasteiger partial charge is 0.344 e. The number of para-hydroxylation sites is 1. The molecular formula is C22H16N4O8. The first-order chi connectivity index (χ1) is 16.3. The Morgan fingerprint density at radius 2 is 1.62 bits per heavy atom. The Bertz CT molecular complexity index is 1270. The molecule has 34 heavy (non-hydrogen) atoms. The molecule has 12 heteroatoms. The molecule has 1 amide bonds. The molecule has 12 nitrogen and oxygen atoms in total. The summed E-state index contributed by atoms with van der Waals surface area (Å²) in [4.78, 5) is 45.0. The van der Waals surface area contributed by atoms with Gasteiger partial charge >= 0.3 is 5.97 Å². The lowest BCUT2D eigenvalue weighted by atomic mass is 10.1. The van der Waals surface area contributed by atoms with Crippen molar-refractivity contribution in [2.75, 3.05) is 7.11 Å². The summed E-state index contributed by atoms with van der Waals surface area (Å²) in [6, 6.07) is 15.1. The number of ether oxygens (including phenoxy) is 2. The van der Waals surface area contributed by atoms with Crippen LogP contribution >= 0.6 is 0 Å². The van der Waals surface area contributed by atoms with Crippen molar-refractivity contribution in [3.05, 3.63) is 104 Å². The van der Waals surface area contributed by atoms with Gasteiger partial charge in [0.15, 0.2) is 0 Å². The van der Waals surface area contributed by atoms with E-state index in [1.54, 1.807) is 36.4 Å². The summed E-state index contributed by atoms with van der Waals surface area (Å²) < 4.78 is 10.3. The van der Waals surface area contributed by atoms with Crippen molar-refractivity contribution in [2.24, 2.45) is 5.10 Å². The van der Waals surface area contributed by atoms with E-state index in [0.29, 0.717) is 11.3 Å². The Labute approximate surface area is 191 Å². The number of non-ortho nitro benzene ring substituents is 2. The largest absolute Gasteiger partial charge is 0.496 e. The number of esters is 1. The van der Waals surface area contributed by atoms with Crippen LogP contribution in [0.1, 0.15) is 26.3 Å². The predicted octanol–water partition coefficient (Wildman–Crippen LogP) is 3.49. The minimum absolute atomic E-state index is 0.0548. The minimum Gasteiger partial charge on any atom is -0.496 e. The van der Waals surface area contributed by atoms with Gasteiger partial charge in [-0.15, -0.1) is 0 Å². The molecule has 0 radical (unpaired) electrons. The van der Waals surface area contributed by atoms with Gasteiger partial charge in [-0.1, -0.05) is 24.3 Å². The number of nitro benzene ring substituents is 2. The van der Waals surface area contributed by atoms with Gasteiger partial charge in [-0.05, 0) is 29.8 Å². The zero-order valence-corrected chi connectivity index (χ0v) is 17.5. The number of nitrogens with zero attached hydrogens (tertiary/aromatic N) is 3. The summed E-state index contributed by atoms with van der Waals surface area (Å²) >= 11 is 0. The molecule has 0 aliphatic rings. The maximum Gasteiger partial charge on any atom is 0.344 e. The lowest BCUT2D eigenvalue weighted by Gasteiger charge is -2.06. The number of amides is 1. The molecule has 3 aromatic carbocycles. The van der Waals surface area contributed by atoms with Gasteiger partial charge in [0.05, 0.1) is 40.4 Å². The second kappa shape index (κ2) is 10.5. The average molecular weight is 464 g/mol. The van der Waals surface area contributed by atoms with Crippen LogP contribution in [-0.4, -0.2) is 35.0 Å². The predicted molar refractivity (Wildman–Crippen MR) is 119 cm³/mol. The number of carbonyl (C=O) groups excluding carboxylic acids is 2. The van der Waals surface area contributed by atoms with E-state index in [1.165, 1.54) is 25.5 Å². The van der Waals surface area contributed by atoms with E-state index in [-0.39, 0.29) is 16.9 Å². The fourth-order valence-corrected chi connectivity index (χ4v) is 2.81. The Hall–Kier alpha value is -5.13. The van der Waals surface area contributed by atoms with E-state index < -0.39 is 33.1 Å². The Kier molecular flexibility index (Phi) is 7.24. The van der Waals surface area contributed by atoms with Crippen molar-refractivity contribution >= 4 is 29.5 Å². The van der Waals surface area contributed by atoms with Crippen molar-refractivity contribution in [1.29, 1.82) is 0 Å². The summed E-state index contributed by atoms with van der Waals surface area (Å²) in [7, 11) is 1.44. The number of hydrogen-bond donors (Lipinski definition) is 1. The summed E-state index contributed by atoms with van der Waals surface area (Å²) in [6.45, 7) is 0. The molecule has 3 aromatic rings. The number of carbonyl (C=O) groups is 2. The molecule has 0 aliphatic heterocycles. The molecule has 0 atom stereocenters. The van der Waals surface area contributed by atoms with E-state index >= 15 is 0 Å². The van der Waals surface area contributed by atoms with Crippen molar-refractivity contribution in [2.45, 2.75) is 0 Å². The first kappa shape index (κ1) is 23.5. The molecule has 0 aliphatic carbocycles. The van der Waals surface area contributed by atoms with Crippen LogP contribution in [0.15, 0.2) is 71.8 Å². The molecule has 0 unspecified atom stereocenters. The molecular weight excluding hydrogens is 448 g/mol. The summed E-state index contributed by atoms with van der Waals surface area (Å²) in [6.07, 6.45) is 1.31. The van der Waals surface area contributed by atoms with Gasteiger partial charge in [0.1, 0.15) is 11.5 Å². The highest BCUT2D eigenvalue weighted by atomic mass is 16.6. The van der Waals surface area contributed by atoms with Gasteiger partial charge in [-0.2, -0.15) is 5.10 Å². The van der Waals surface area contributed by atoms with Gasteiger partial charge < -0.3 is 9.47 Å². The second-order valence-electron chi connectivity index (χ2n) is 6.61. The SMILES string of the molecule is COc1ccccc1C(=O)NN=Cc1cccc(OC(=O)c2cc([N+](=O)[O-])cc([N+](=O)[O-])c2)c1. The highest BCUT2D eigenvalue weighted by Gasteiger charge is 2.21. The van der Waals surface area contributed by atoms with E-state index in [4.69, 9.17) is 9.47 Å². The molecule has 0 fully saturated rings. The fraction of sp³-hybridized carbons (Fsp3) is 0.0455. The number of hydrazone groups is 1. The number of nitro groups is 2. The first-order valence-electron chi connectivity index (χ1n) is 9.51. The molecule has 0 spiro atoms.